The van der Waals surface area contributed by atoms with Crippen LogP contribution in [0.1, 0.15) is 36.0 Å². The third-order valence-electron chi connectivity index (χ3n) is 5.33. The predicted octanol–water partition coefficient (Wildman–Crippen LogP) is 4.63. The molecule has 1 aliphatic rings. The molecule has 31 heavy (non-hydrogen) atoms. The third kappa shape index (κ3) is 5.22. The number of benzene rings is 2. The fourth-order valence-electron chi connectivity index (χ4n) is 3.58. The first kappa shape index (κ1) is 20.9. The van der Waals surface area contributed by atoms with Crippen LogP contribution in [0.4, 0.5) is 5.82 Å². The molecule has 2 aromatic carbocycles. The van der Waals surface area contributed by atoms with E-state index >= 15 is 0 Å². The third-order valence-corrected chi connectivity index (χ3v) is 5.33. The number of pyridine rings is 1. The molecule has 1 aliphatic heterocycles. The quantitative estimate of drug-likeness (QED) is 0.522. The van der Waals surface area contributed by atoms with Crippen LogP contribution in [0.2, 0.25) is 0 Å². The van der Waals surface area contributed by atoms with E-state index in [0.717, 1.165) is 53.1 Å². The highest BCUT2D eigenvalue weighted by atomic mass is 16.7. The van der Waals surface area contributed by atoms with Crippen LogP contribution in [0.25, 0.3) is 11.3 Å². The topological polar surface area (TPSA) is 80.7 Å². The molecule has 160 valence electrons. The molecule has 0 fully saturated rings. The Morgan fingerprint density at radius 1 is 1.00 bits per heavy atom. The number of aliphatic hydroxyl groups is 1. The van der Waals surface area contributed by atoms with Crippen LogP contribution in [-0.2, 0) is 17.8 Å². The predicted molar refractivity (Wildman–Crippen MR) is 119 cm³/mol. The minimum Gasteiger partial charge on any atom is -0.454 e. The number of unbranched alkanes of at least 4 members (excludes halogenated alkanes) is 1. The number of nitrogens with one attached hydrogen (secondary N) is 1. The Morgan fingerprint density at radius 2 is 1.77 bits per heavy atom. The summed E-state index contributed by atoms with van der Waals surface area (Å²) in [4.78, 5) is 17.0. The number of carbonyl (C=O) groups is 1. The zero-order valence-corrected chi connectivity index (χ0v) is 17.6. The lowest BCUT2D eigenvalue weighted by Crippen LogP contribution is -2.12. The lowest BCUT2D eigenvalue weighted by Gasteiger charge is -2.10. The van der Waals surface area contributed by atoms with E-state index in [1.165, 1.54) is 5.56 Å². The average molecular weight is 418 g/mol. The van der Waals surface area contributed by atoms with Gasteiger partial charge in [-0.1, -0.05) is 36.4 Å². The van der Waals surface area contributed by atoms with Gasteiger partial charge < -0.3 is 19.9 Å². The van der Waals surface area contributed by atoms with Crippen molar-refractivity contribution in [1.29, 1.82) is 0 Å². The number of hydrogen-bond donors (Lipinski definition) is 2. The summed E-state index contributed by atoms with van der Waals surface area (Å²) in [6, 6.07) is 17.4. The van der Waals surface area contributed by atoms with Crippen LogP contribution in [0.15, 0.2) is 54.6 Å². The van der Waals surface area contributed by atoms with Crippen LogP contribution < -0.4 is 14.8 Å². The van der Waals surface area contributed by atoms with Gasteiger partial charge in [0.05, 0.1) is 12.3 Å². The molecule has 0 saturated heterocycles. The summed E-state index contributed by atoms with van der Waals surface area (Å²) in [5.74, 6) is 2.09. The summed E-state index contributed by atoms with van der Waals surface area (Å²) in [7, 11) is 0. The molecule has 2 heterocycles. The number of carbonyl (C=O) groups excluding carboxylic acids is 1. The second kappa shape index (κ2) is 9.62. The number of nitrogens with zero attached hydrogens (tertiary/aromatic N) is 1. The van der Waals surface area contributed by atoms with Gasteiger partial charge in [-0.05, 0) is 61.1 Å². The summed E-state index contributed by atoms with van der Waals surface area (Å²) in [5, 5.41) is 12.1. The Labute approximate surface area is 181 Å². The Morgan fingerprint density at radius 3 is 2.58 bits per heavy atom. The molecular weight excluding hydrogens is 392 g/mol. The molecule has 2 N–H and O–H groups in total. The molecule has 1 amide bonds. The first-order valence-corrected chi connectivity index (χ1v) is 10.5. The number of ether oxygens (including phenoxy) is 2. The van der Waals surface area contributed by atoms with Crippen LogP contribution in [0.5, 0.6) is 11.5 Å². The number of fused-ring (bicyclic) bond motifs is 1. The van der Waals surface area contributed by atoms with Crippen molar-refractivity contribution in [3.05, 3.63) is 71.3 Å². The van der Waals surface area contributed by atoms with Gasteiger partial charge in [-0.2, -0.15) is 0 Å². The molecule has 3 aromatic rings. The molecule has 4 rings (SSSR count). The number of aromatic nitrogens is 1. The maximum Gasteiger partial charge on any atom is 0.231 e. The zero-order valence-electron chi connectivity index (χ0n) is 17.6. The Balaban J connectivity index is 1.29. The number of aryl methyl sites for hydroxylation is 2. The van der Waals surface area contributed by atoms with E-state index in [9.17, 15) is 9.90 Å². The number of aliphatic hydroxyl groups excluding tert-OH is 1. The zero-order chi connectivity index (χ0) is 21.6. The van der Waals surface area contributed by atoms with Crippen LogP contribution in [0, 0.1) is 6.92 Å². The summed E-state index contributed by atoms with van der Waals surface area (Å²) < 4.78 is 10.7. The maximum atomic E-state index is 12.4. The normalized spacial score (nSPS) is 12.1. The SMILES string of the molecule is Cc1ccc(NC(=O)CCCCc2ccc3c(c2)OCO3)nc1-c1ccc(CO)cc1. The second-order valence-electron chi connectivity index (χ2n) is 7.66. The molecule has 0 aliphatic carbocycles. The van der Waals surface area contributed by atoms with Gasteiger partial charge in [-0.3, -0.25) is 4.79 Å². The largest absolute Gasteiger partial charge is 0.454 e. The average Bonchev–Trinajstić information content (AvgIpc) is 3.26. The van der Waals surface area contributed by atoms with Gasteiger partial charge >= 0.3 is 0 Å². The van der Waals surface area contributed by atoms with Gasteiger partial charge in [0.2, 0.25) is 12.7 Å². The molecule has 0 unspecified atom stereocenters. The molecule has 0 atom stereocenters. The lowest BCUT2D eigenvalue weighted by atomic mass is 10.0. The van der Waals surface area contributed by atoms with Gasteiger partial charge in [0.1, 0.15) is 5.82 Å². The van der Waals surface area contributed by atoms with Gasteiger partial charge in [0, 0.05) is 12.0 Å². The van der Waals surface area contributed by atoms with Crippen molar-refractivity contribution in [3.8, 4) is 22.8 Å². The standard InChI is InChI=1S/C25H26N2O4/c1-17-6-13-23(27-25(17)20-10-7-19(15-28)8-11-20)26-24(29)5-3-2-4-18-9-12-21-22(14-18)31-16-30-21/h6-14,28H,2-5,15-16H2,1H3,(H,26,27,29). The van der Waals surface area contributed by atoms with Crippen LogP contribution in [0.3, 0.4) is 0 Å². The summed E-state index contributed by atoms with van der Waals surface area (Å²) in [6.45, 7) is 2.28. The van der Waals surface area contributed by atoms with Crippen molar-refractivity contribution in [2.75, 3.05) is 12.1 Å². The minimum atomic E-state index is -0.0383. The van der Waals surface area contributed by atoms with E-state index in [2.05, 4.69) is 10.3 Å². The fourth-order valence-corrected chi connectivity index (χ4v) is 3.58. The number of rotatable bonds is 8. The molecule has 1 aromatic heterocycles. The highest BCUT2D eigenvalue weighted by Crippen LogP contribution is 2.33. The van der Waals surface area contributed by atoms with Crippen molar-refractivity contribution >= 4 is 11.7 Å². The highest BCUT2D eigenvalue weighted by molar-refractivity contribution is 5.90. The molecule has 6 nitrogen and oxygen atoms in total. The van der Waals surface area contributed by atoms with E-state index in [0.29, 0.717) is 12.2 Å². The maximum absolute atomic E-state index is 12.4. The van der Waals surface area contributed by atoms with E-state index in [-0.39, 0.29) is 19.3 Å². The Kier molecular flexibility index (Phi) is 6.48. The van der Waals surface area contributed by atoms with Gasteiger partial charge in [-0.15, -0.1) is 0 Å². The van der Waals surface area contributed by atoms with Crippen molar-refractivity contribution in [1.82, 2.24) is 4.98 Å². The Hall–Kier alpha value is -3.38. The molecule has 0 saturated carbocycles. The molecule has 0 bridgehead atoms. The van der Waals surface area contributed by atoms with E-state index in [1.54, 1.807) is 0 Å². The highest BCUT2D eigenvalue weighted by Gasteiger charge is 2.13. The van der Waals surface area contributed by atoms with Gasteiger partial charge in [-0.25, -0.2) is 4.98 Å². The first-order chi connectivity index (χ1) is 15.1. The van der Waals surface area contributed by atoms with Crippen molar-refractivity contribution < 1.29 is 19.4 Å². The molecule has 0 spiro atoms. The van der Waals surface area contributed by atoms with Gasteiger partial charge in [0.15, 0.2) is 11.5 Å². The molecular formula is C25H26N2O4. The monoisotopic (exact) mass is 418 g/mol. The summed E-state index contributed by atoms with van der Waals surface area (Å²) >= 11 is 0. The smallest absolute Gasteiger partial charge is 0.231 e. The van der Waals surface area contributed by atoms with Gasteiger partial charge in [0.25, 0.3) is 0 Å². The number of amides is 1. The van der Waals surface area contributed by atoms with Crippen LogP contribution in [-0.4, -0.2) is 22.8 Å². The van der Waals surface area contributed by atoms with E-state index < -0.39 is 0 Å². The van der Waals surface area contributed by atoms with E-state index in [1.807, 2.05) is 61.5 Å². The van der Waals surface area contributed by atoms with Crippen molar-refractivity contribution in [2.24, 2.45) is 0 Å². The first-order valence-electron chi connectivity index (χ1n) is 10.5. The Bertz CT molecular complexity index is 1060. The van der Waals surface area contributed by atoms with Crippen molar-refractivity contribution in [3.63, 3.8) is 0 Å². The summed E-state index contributed by atoms with van der Waals surface area (Å²) in [6.07, 6.45) is 3.04. The molecule has 6 heteroatoms. The molecule has 0 radical (unpaired) electrons. The summed E-state index contributed by atoms with van der Waals surface area (Å²) in [5.41, 5.74) is 4.84. The van der Waals surface area contributed by atoms with Crippen LogP contribution >= 0.6 is 0 Å². The number of anilines is 1. The van der Waals surface area contributed by atoms with Crippen molar-refractivity contribution in [2.45, 2.75) is 39.2 Å². The van der Waals surface area contributed by atoms with E-state index in [4.69, 9.17) is 9.47 Å². The lowest BCUT2D eigenvalue weighted by molar-refractivity contribution is -0.116. The second-order valence-corrected chi connectivity index (χ2v) is 7.66. The fraction of sp³-hybridized carbons (Fsp3) is 0.280. The minimum absolute atomic E-state index is 0.0114. The number of hydrogen-bond acceptors (Lipinski definition) is 5.